The first-order chi connectivity index (χ1) is 20.5. The van der Waals surface area contributed by atoms with Crippen LogP contribution in [-0.2, 0) is 24.4 Å². The third-order valence-corrected chi connectivity index (χ3v) is 8.84. The highest BCUT2D eigenvalue weighted by molar-refractivity contribution is 7.89. The molecule has 0 spiro atoms. The van der Waals surface area contributed by atoms with Crippen LogP contribution in [0.1, 0.15) is 43.2 Å². The maximum Gasteiger partial charge on any atom is 0.336 e. The van der Waals surface area contributed by atoms with Crippen LogP contribution in [0.25, 0.3) is 11.0 Å². The van der Waals surface area contributed by atoms with Crippen molar-refractivity contribution in [1.29, 1.82) is 0 Å². The lowest BCUT2D eigenvalue weighted by Gasteiger charge is -2.26. The summed E-state index contributed by atoms with van der Waals surface area (Å²) >= 11 is 0. The van der Waals surface area contributed by atoms with Crippen molar-refractivity contribution in [3.05, 3.63) is 70.1 Å². The number of carbonyl (C=O) groups is 3. The smallest absolute Gasteiger partial charge is 0.336 e. The van der Waals surface area contributed by atoms with E-state index in [0.29, 0.717) is 49.9 Å². The zero-order valence-corrected chi connectivity index (χ0v) is 25.0. The van der Waals surface area contributed by atoms with Crippen LogP contribution in [0.5, 0.6) is 0 Å². The van der Waals surface area contributed by atoms with E-state index in [1.807, 2.05) is 6.92 Å². The van der Waals surface area contributed by atoms with Crippen LogP contribution in [0.2, 0.25) is 0 Å². The third kappa shape index (κ3) is 8.06. The summed E-state index contributed by atoms with van der Waals surface area (Å²) in [5.74, 6) is -1.51. The fourth-order valence-corrected chi connectivity index (χ4v) is 6.03. The third-order valence-electron chi connectivity index (χ3n) is 7.42. The lowest BCUT2D eigenvalue weighted by Crippen LogP contribution is -2.53. The normalized spacial score (nSPS) is 15.8. The van der Waals surface area contributed by atoms with E-state index in [-0.39, 0.29) is 11.4 Å². The molecule has 5 N–H and O–H groups in total. The molecule has 230 valence electrons. The number of amides is 3. The van der Waals surface area contributed by atoms with Gasteiger partial charge in [0, 0.05) is 29.8 Å². The van der Waals surface area contributed by atoms with Gasteiger partial charge in [0.05, 0.1) is 11.4 Å². The Morgan fingerprint density at radius 2 is 1.81 bits per heavy atom. The molecule has 12 nitrogen and oxygen atoms in total. The summed E-state index contributed by atoms with van der Waals surface area (Å²) in [5.41, 5.74) is 7.49. The predicted molar refractivity (Wildman–Crippen MR) is 162 cm³/mol. The van der Waals surface area contributed by atoms with Crippen LogP contribution in [0, 0.1) is 13.8 Å². The van der Waals surface area contributed by atoms with E-state index in [1.54, 1.807) is 37.3 Å². The minimum Gasteiger partial charge on any atom is -0.423 e. The number of anilines is 1. The van der Waals surface area contributed by atoms with Gasteiger partial charge in [-0.05, 0) is 82.3 Å². The molecular weight excluding hydrogens is 574 g/mol. The molecule has 2 heterocycles. The number of sulfonamides is 1. The first-order valence-electron chi connectivity index (χ1n) is 14.2. The van der Waals surface area contributed by atoms with Gasteiger partial charge in [0.25, 0.3) is 0 Å². The summed E-state index contributed by atoms with van der Waals surface area (Å²) in [5, 5.41) is 6.30. The molecule has 43 heavy (non-hydrogen) atoms. The number of hydrogen-bond donors (Lipinski definition) is 4. The Hall–Kier alpha value is -4.07. The minimum atomic E-state index is -3.92. The standard InChI is InChI=1S/C30H37N5O7S/c1-19-8-11-22(12-9-19)43(40,41)32-18-27(36)35-15-5-7-25(35)30(39)34-24(6-3-4-14-31)29(38)33-21-10-13-23-20(2)16-28(37)42-26(23)17-21/h8-13,16-17,24-25,32H,3-7,14-15,18,31H2,1-2H3,(H,33,38)(H,34,39). The maximum absolute atomic E-state index is 13.4. The molecule has 2 atom stereocenters. The highest BCUT2D eigenvalue weighted by Crippen LogP contribution is 2.22. The molecule has 0 saturated carbocycles. The van der Waals surface area contributed by atoms with Crippen molar-refractivity contribution in [2.45, 2.75) is 62.9 Å². The fraction of sp³-hybridized carbons (Fsp3) is 0.400. The largest absolute Gasteiger partial charge is 0.423 e. The van der Waals surface area contributed by atoms with Gasteiger partial charge in [-0.3, -0.25) is 14.4 Å². The van der Waals surface area contributed by atoms with Crippen LogP contribution in [0.4, 0.5) is 5.69 Å². The van der Waals surface area contributed by atoms with Crippen molar-refractivity contribution in [3.8, 4) is 0 Å². The van der Waals surface area contributed by atoms with Gasteiger partial charge in [-0.25, -0.2) is 17.9 Å². The van der Waals surface area contributed by atoms with E-state index in [0.717, 1.165) is 16.5 Å². The Balaban J connectivity index is 1.42. The predicted octanol–water partition coefficient (Wildman–Crippen LogP) is 1.93. The average molecular weight is 612 g/mol. The van der Waals surface area contributed by atoms with Gasteiger partial charge in [-0.2, -0.15) is 0 Å². The Morgan fingerprint density at radius 3 is 2.53 bits per heavy atom. The fourth-order valence-electron chi connectivity index (χ4n) is 5.06. The molecule has 1 aliphatic rings. The molecule has 0 aliphatic carbocycles. The molecular formula is C30H37N5O7S. The SMILES string of the molecule is Cc1ccc(S(=O)(=O)NCC(=O)N2CCCC2C(=O)NC(CCCCN)C(=O)Nc2ccc3c(C)cc(=O)oc3c2)cc1. The number of likely N-dealkylation sites (tertiary alicyclic amines) is 1. The van der Waals surface area contributed by atoms with Gasteiger partial charge in [-0.1, -0.05) is 17.7 Å². The molecule has 1 saturated heterocycles. The van der Waals surface area contributed by atoms with E-state index in [1.165, 1.54) is 23.1 Å². The molecule has 0 bridgehead atoms. The summed E-state index contributed by atoms with van der Waals surface area (Å²) in [6, 6.07) is 10.8. The number of nitrogens with two attached hydrogens (primary N) is 1. The van der Waals surface area contributed by atoms with Gasteiger partial charge < -0.3 is 25.7 Å². The van der Waals surface area contributed by atoms with E-state index < -0.39 is 52.0 Å². The topological polar surface area (TPSA) is 181 Å². The van der Waals surface area contributed by atoms with E-state index in [9.17, 15) is 27.6 Å². The quantitative estimate of drug-likeness (QED) is 0.177. The Labute approximate surface area is 250 Å². The first kappa shape index (κ1) is 31.9. The number of hydrogen-bond acceptors (Lipinski definition) is 8. The molecule has 4 rings (SSSR count). The number of benzene rings is 2. The number of unbranched alkanes of at least 4 members (excludes halogenated alkanes) is 1. The van der Waals surface area contributed by atoms with Gasteiger partial charge in [0.15, 0.2) is 0 Å². The van der Waals surface area contributed by atoms with Crippen molar-refractivity contribution in [2.24, 2.45) is 5.73 Å². The van der Waals surface area contributed by atoms with Gasteiger partial charge in [0.2, 0.25) is 27.7 Å². The summed E-state index contributed by atoms with van der Waals surface area (Å²) in [4.78, 5) is 52.9. The van der Waals surface area contributed by atoms with Crippen molar-refractivity contribution in [1.82, 2.24) is 14.9 Å². The summed E-state index contributed by atoms with van der Waals surface area (Å²) in [6.07, 6.45) is 2.47. The Kier molecular flexibility index (Phi) is 10.3. The molecule has 1 aromatic heterocycles. The van der Waals surface area contributed by atoms with Gasteiger partial charge >= 0.3 is 5.63 Å². The molecule has 13 heteroatoms. The van der Waals surface area contributed by atoms with E-state index >= 15 is 0 Å². The molecule has 3 aromatic rings. The van der Waals surface area contributed by atoms with Crippen LogP contribution < -0.4 is 26.7 Å². The second-order valence-electron chi connectivity index (χ2n) is 10.7. The number of fused-ring (bicyclic) bond motifs is 1. The molecule has 0 radical (unpaired) electrons. The average Bonchev–Trinajstić information content (AvgIpc) is 3.46. The number of nitrogens with zero attached hydrogens (tertiary/aromatic N) is 1. The maximum atomic E-state index is 13.4. The van der Waals surface area contributed by atoms with Crippen LogP contribution in [0.15, 0.2) is 62.6 Å². The molecule has 2 unspecified atom stereocenters. The van der Waals surface area contributed by atoms with Crippen molar-refractivity contribution in [2.75, 3.05) is 25.0 Å². The second kappa shape index (κ2) is 13.9. The van der Waals surface area contributed by atoms with E-state index in [2.05, 4.69) is 15.4 Å². The van der Waals surface area contributed by atoms with Gasteiger partial charge in [-0.15, -0.1) is 0 Å². The molecule has 3 amide bonds. The monoisotopic (exact) mass is 611 g/mol. The van der Waals surface area contributed by atoms with Crippen LogP contribution in [0.3, 0.4) is 0 Å². The van der Waals surface area contributed by atoms with Crippen molar-refractivity contribution in [3.63, 3.8) is 0 Å². The number of nitrogens with one attached hydrogen (secondary N) is 3. The highest BCUT2D eigenvalue weighted by atomic mass is 32.2. The lowest BCUT2D eigenvalue weighted by molar-refractivity contribution is -0.138. The Bertz CT molecular complexity index is 1650. The zero-order valence-electron chi connectivity index (χ0n) is 24.2. The van der Waals surface area contributed by atoms with E-state index in [4.69, 9.17) is 10.2 Å². The minimum absolute atomic E-state index is 0.0386. The Morgan fingerprint density at radius 1 is 1.07 bits per heavy atom. The molecule has 1 aliphatic heterocycles. The summed E-state index contributed by atoms with van der Waals surface area (Å²) in [7, 11) is -3.92. The van der Waals surface area contributed by atoms with Crippen LogP contribution in [-0.4, -0.2) is 62.8 Å². The van der Waals surface area contributed by atoms with Gasteiger partial charge in [0.1, 0.15) is 17.7 Å². The summed E-state index contributed by atoms with van der Waals surface area (Å²) < 4.78 is 32.9. The molecule has 1 fully saturated rings. The van der Waals surface area contributed by atoms with Crippen molar-refractivity contribution < 1.29 is 27.2 Å². The lowest BCUT2D eigenvalue weighted by atomic mass is 10.1. The zero-order chi connectivity index (χ0) is 31.1. The first-order valence-corrected chi connectivity index (χ1v) is 15.7. The number of rotatable bonds is 12. The van der Waals surface area contributed by atoms with Crippen LogP contribution >= 0.6 is 0 Å². The highest BCUT2D eigenvalue weighted by Gasteiger charge is 2.36. The number of carbonyl (C=O) groups excluding carboxylic acids is 3. The molecule has 2 aromatic carbocycles. The second-order valence-corrected chi connectivity index (χ2v) is 12.4. The number of aryl methyl sites for hydroxylation is 2. The van der Waals surface area contributed by atoms with Crippen molar-refractivity contribution >= 4 is 44.4 Å². The summed E-state index contributed by atoms with van der Waals surface area (Å²) in [6.45, 7) is 3.83.